The monoisotopic (exact) mass is 324 g/mol. The van der Waals surface area contributed by atoms with Gasteiger partial charge in [-0.1, -0.05) is 26.8 Å². The summed E-state index contributed by atoms with van der Waals surface area (Å²) in [6.07, 6.45) is 0. The van der Waals surface area contributed by atoms with Crippen LogP contribution in [0.2, 0.25) is 0 Å². The third-order valence-electron chi connectivity index (χ3n) is 3.46. The number of hydrogen-bond acceptors (Lipinski definition) is 4. The van der Waals surface area contributed by atoms with E-state index in [1.165, 1.54) is 12.1 Å². The van der Waals surface area contributed by atoms with Crippen LogP contribution in [0.15, 0.2) is 18.2 Å². The maximum absolute atomic E-state index is 13.3. The van der Waals surface area contributed by atoms with Crippen molar-refractivity contribution in [3.05, 3.63) is 29.6 Å². The van der Waals surface area contributed by atoms with Crippen molar-refractivity contribution in [2.75, 3.05) is 32.9 Å². The van der Waals surface area contributed by atoms with E-state index in [0.29, 0.717) is 32.1 Å². The first-order chi connectivity index (χ1) is 10.9. The van der Waals surface area contributed by atoms with E-state index in [0.717, 1.165) is 12.1 Å². The molecule has 0 bridgehead atoms. The van der Waals surface area contributed by atoms with Gasteiger partial charge in [-0.15, -0.1) is 0 Å². The SMILES string of the molecule is CC(C)(C)C(=O)NCCOCCOc1cc(F)ccc1C1CN1. The van der Waals surface area contributed by atoms with E-state index in [2.05, 4.69) is 10.6 Å². The number of hydrogen-bond donors (Lipinski definition) is 2. The van der Waals surface area contributed by atoms with Gasteiger partial charge in [0.25, 0.3) is 0 Å². The molecule has 6 heteroatoms. The third-order valence-corrected chi connectivity index (χ3v) is 3.46. The highest BCUT2D eigenvalue weighted by molar-refractivity contribution is 5.81. The van der Waals surface area contributed by atoms with Crippen LogP contribution in [0.1, 0.15) is 32.4 Å². The molecule has 0 saturated carbocycles. The molecule has 0 radical (unpaired) electrons. The molecular weight excluding hydrogens is 299 g/mol. The van der Waals surface area contributed by atoms with Gasteiger partial charge in [-0.3, -0.25) is 4.79 Å². The molecule has 1 aromatic rings. The van der Waals surface area contributed by atoms with Crippen molar-refractivity contribution in [2.45, 2.75) is 26.8 Å². The Morgan fingerprint density at radius 2 is 2.09 bits per heavy atom. The number of ether oxygens (including phenoxy) is 2. The molecule has 1 aromatic carbocycles. The molecule has 0 aliphatic carbocycles. The van der Waals surface area contributed by atoms with E-state index >= 15 is 0 Å². The van der Waals surface area contributed by atoms with Gasteiger partial charge >= 0.3 is 0 Å². The van der Waals surface area contributed by atoms with Gasteiger partial charge in [0.15, 0.2) is 0 Å². The number of halogens is 1. The number of carbonyl (C=O) groups excluding carboxylic acids is 1. The molecule has 1 heterocycles. The summed E-state index contributed by atoms with van der Waals surface area (Å²) in [5.74, 6) is 0.249. The molecule has 0 aromatic heterocycles. The van der Waals surface area contributed by atoms with Gasteiger partial charge in [0, 0.05) is 36.2 Å². The number of rotatable bonds is 8. The van der Waals surface area contributed by atoms with Gasteiger partial charge < -0.3 is 20.1 Å². The van der Waals surface area contributed by atoms with Crippen molar-refractivity contribution in [2.24, 2.45) is 5.41 Å². The molecule has 1 amide bonds. The Morgan fingerprint density at radius 3 is 2.74 bits per heavy atom. The van der Waals surface area contributed by atoms with E-state index in [1.54, 1.807) is 6.07 Å². The van der Waals surface area contributed by atoms with Crippen molar-refractivity contribution < 1.29 is 18.7 Å². The zero-order chi connectivity index (χ0) is 16.9. The Morgan fingerprint density at radius 1 is 1.35 bits per heavy atom. The third kappa shape index (κ3) is 5.80. The number of carbonyl (C=O) groups is 1. The van der Waals surface area contributed by atoms with E-state index in [-0.39, 0.29) is 17.8 Å². The first kappa shape index (κ1) is 17.7. The van der Waals surface area contributed by atoms with Gasteiger partial charge in [0.2, 0.25) is 5.91 Å². The largest absolute Gasteiger partial charge is 0.491 e. The minimum atomic E-state index is -0.395. The molecule has 1 saturated heterocycles. The Kier molecular flexibility index (Phi) is 5.96. The fourth-order valence-electron chi connectivity index (χ4n) is 2.01. The summed E-state index contributed by atoms with van der Waals surface area (Å²) in [4.78, 5) is 11.6. The fraction of sp³-hybridized carbons (Fsp3) is 0.588. The minimum absolute atomic E-state index is 0.00122. The molecule has 1 atom stereocenters. The molecule has 2 rings (SSSR count). The van der Waals surface area contributed by atoms with Crippen LogP contribution in [0.25, 0.3) is 0 Å². The van der Waals surface area contributed by atoms with Gasteiger partial charge in [0.05, 0.1) is 13.2 Å². The number of nitrogens with one attached hydrogen (secondary N) is 2. The molecule has 5 nitrogen and oxygen atoms in total. The molecule has 1 aliphatic rings. The van der Waals surface area contributed by atoms with Crippen LogP contribution in [0, 0.1) is 11.2 Å². The lowest BCUT2D eigenvalue weighted by molar-refractivity contribution is -0.128. The molecule has 1 fully saturated rings. The molecule has 23 heavy (non-hydrogen) atoms. The summed E-state index contributed by atoms with van der Waals surface area (Å²) in [6, 6.07) is 4.85. The summed E-state index contributed by atoms with van der Waals surface area (Å²) in [6.45, 7) is 8.10. The molecule has 0 spiro atoms. The highest BCUT2D eigenvalue weighted by atomic mass is 19.1. The van der Waals surface area contributed by atoms with Crippen LogP contribution in [-0.2, 0) is 9.53 Å². The summed E-state index contributed by atoms with van der Waals surface area (Å²) in [5.41, 5.74) is 0.581. The topological polar surface area (TPSA) is 69.5 Å². The molecule has 1 unspecified atom stereocenters. The molecule has 1 aliphatic heterocycles. The first-order valence-corrected chi connectivity index (χ1v) is 7.89. The van der Waals surface area contributed by atoms with E-state index in [9.17, 15) is 9.18 Å². The van der Waals surface area contributed by atoms with Gasteiger partial charge in [-0.2, -0.15) is 0 Å². The first-order valence-electron chi connectivity index (χ1n) is 7.89. The summed E-state index contributed by atoms with van der Waals surface area (Å²) in [5, 5.41) is 5.99. The van der Waals surface area contributed by atoms with Crippen LogP contribution in [0.5, 0.6) is 5.75 Å². The zero-order valence-corrected chi connectivity index (χ0v) is 13.9. The highest BCUT2D eigenvalue weighted by Crippen LogP contribution is 2.31. The lowest BCUT2D eigenvalue weighted by Gasteiger charge is -2.17. The second-order valence-electron chi connectivity index (χ2n) is 6.61. The van der Waals surface area contributed by atoms with Crippen molar-refractivity contribution in [1.29, 1.82) is 0 Å². The second kappa shape index (κ2) is 7.75. The van der Waals surface area contributed by atoms with Gasteiger partial charge in [-0.05, 0) is 6.07 Å². The molecule has 2 N–H and O–H groups in total. The standard InChI is InChI=1S/C17H25FN2O3/c1-17(2,3)16(21)19-6-7-22-8-9-23-15-10-12(18)4-5-13(15)14-11-20-14/h4-5,10,14,20H,6-9,11H2,1-3H3,(H,19,21). The summed E-state index contributed by atoms with van der Waals surface area (Å²) in [7, 11) is 0. The van der Waals surface area contributed by atoms with Crippen LogP contribution in [-0.4, -0.2) is 38.8 Å². The normalized spacial score (nSPS) is 17.0. The molecule has 128 valence electrons. The maximum Gasteiger partial charge on any atom is 0.225 e. The number of amides is 1. The molecular formula is C17H25FN2O3. The van der Waals surface area contributed by atoms with Crippen LogP contribution in [0.3, 0.4) is 0 Å². The Balaban J connectivity index is 1.63. The second-order valence-corrected chi connectivity index (χ2v) is 6.61. The number of benzene rings is 1. The predicted molar refractivity (Wildman–Crippen MR) is 85.9 cm³/mol. The lowest BCUT2D eigenvalue weighted by atomic mass is 9.96. The maximum atomic E-state index is 13.3. The Labute approximate surface area is 136 Å². The van der Waals surface area contributed by atoms with Crippen molar-refractivity contribution >= 4 is 5.91 Å². The fourth-order valence-corrected chi connectivity index (χ4v) is 2.01. The van der Waals surface area contributed by atoms with Crippen LogP contribution < -0.4 is 15.4 Å². The lowest BCUT2D eigenvalue weighted by Crippen LogP contribution is -2.36. The zero-order valence-electron chi connectivity index (χ0n) is 13.9. The average Bonchev–Trinajstić information content (AvgIpc) is 3.29. The van der Waals surface area contributed by atoms with Gasteiger partial charge in [-0.25, -0.2) is 4.39 Å². The van der Waals surface area contributed by atoms with Crippen molar-refractivity contribution in [3.63, 3.8) is 0 Å². The van der Waals surface area contributed by atoms with E-state index in [1.807, 2.05) is 20.8 Å². The van der Waals surface area contributed by atoms with Crippen LogP contribution in [0.4, 0.5) is 4.39 Å². The smallest absolute Gasteiger partial charge is 0.225 e. The van der Waals surface area contributed by atoms with E-state index in [4.69, 9.17) is 9.47 Å². The minimum Gasteiger partial charge on any atom is -0.491 e. The van der Waals surface area contributed by atoms with Crippen molar-refractivity contribution in [1.82, 2.24) is 10.6 Å². The Hall–Kier alpha value is -1.66. The quantitative estimate of drug-likeness (QED) is 0.567. The van der Waals surface area contributed by atoms with E-state index < -0.39 is 5.41 Å². The highest BCUT2D eigenvalue weighted by Gasteiger charge is 2.26. The average molecular weight is 324 g/mol. The van der Waals surface area contributed by atoms with Gasteiger partial charge in [0.1, 0.15) is 18.2 Å². The Bertz CT molecular complexity index is 539. The van der Waals surface area contributed by atoms with Crippen LogP contribution >= 0.6 is 0 Å². The predicted octanol–water partition coefficient (Wildman–Crippen LogP) is 2.03. The summed E-state index contributed by atoms with van der Waals surface area (Å²) >= 11 is 0. The van der Waals surface area contributed by atoms with Crippen molar-refractivity contribution in [3.8, 4) is 5.75 Å². The summed E-state index contributed by atoms with van der Waals surface area (Å²) < 4.78 is 24.3.